The lowest BCUT2D eigenvalue weighted by Crippen LogP contribution is -2.21. The van der Waals surface area contributed by atoms with Gasteiger partial charge in [0.25, 0.3) is 0 Å². The van der Waals surface area contributed by atoms with Crippen molar-refractivity contribution in [2.45, 2.75) is 19.4 Å². The van der Waals surface area contributed by atoms with Crippen LogP contribution in [0.1, 0.15) is 29.0 Å². The lowest BCUT2D eigenvalue weighted by atomic mass is 10.3. The van der Waals surface area contributed by atoms with Crippen LogP contribution in [0.5, 0.6) is 0 Å². The zero-order chi connectivity index (χ0) is 13.4. The third kappa shape index (κ3) is 2.31. The van der Waals surface area contributed by atoms with E-state index < -0.39 is 5.97 Å². The quantitative estimate of drug-likeness (QED) is 0.936. The number of carboxylic acids is 1. The van der Waals surface area contributed by atoms with Crippen LogP contribution in [-0.2, 0) is 6.54 Å². The van der Waals surface area contributed by atoms with E-state index in [1.807, 2.05) is 4.40 Å². The van der Waals surface area contributed by atoms with Crippen molar-refractivity contribution in [1.29, 1.82) is 0 Å². The number of likely N-dealkylation sites (tertiary alicyclic amines) is 1. The maximum Gasteiger partial charge on any atom is 0.356 e. The Balaban J connectivity index is 2.07. The van der Waals surface area contributed by atoms with Crippen molar-refractivity contribution in [3.05, 3.63) is 34.7 Å². The smallest absolute Gasteiger partial charge is 0.356 e. The van der Waals surface area contributed by atoms with Gasteiger partial charge in [0.15, 0.2) is 5.69 Å². The van der Waals surface area contributed by atoms with E-state index in [9.17, 15) is 9.90 Å². The molecule has 1 saturated heterocycles. The molecule has 100 valence electrons. The highest BCUT2D eigenvalue weighted by molar-refractivity contribution is 6.30. The minimum atomic E-state index is -0.992. The zero-order valence-electron chi connectivity index (χ0n) is 10.3. The van der Waals surface area contributed by atoms with Crippen LogP contribution in [0.15, 0.2) is 18.3 Å². The summed E-state index contributed by atoms with van der Waals surface area (Å²) in [7, 11) is 0. The largest absolute Gasteiger partial charge is 0.476 e. The minimum Gasteiger partial charge on any atom is -0.476 e. The Morgan fingerprint density at radius 2 is 2.16 bits per heavy atom. The Kier molecular flexibility index (Phi) is 3.16. The van der Waals surface area contributed by atoms with Crippen LogP contribution in [0.3, 0.4) is 0 Å². The van der Waals surface area contributed by atoms with Crippen LogP contribution in [0.25, 0.3) is 5.65 Å². The van der Waals surface area contributed by atoms with Crippen molar-refractivity contribution in [2.75, 3.05) is 13.1 Å². The molecule has 19 heavy (non-hydrogen) atoms. The van der Waals surface area contributed by atoms with E-state index in [0.29, 0.717) is 17.2 Å². The van der Waals surface area contributed by atoms with E-state index >= 15 is 0 Å². The SMILES string of the molecule is O=C(O)c1nc2cc(Cl)ccn2c1CN1CCCC1. The minimum absolute atomic E-state index is 0.120. The maximum atomic E-state index is 11.3. The second-order valence-corrected chi connectivity index (χ2v) is 5.21. The predicted molar refractivity (Wildman–Crippen MR) is 71.7 cm³/mol. The molecule has 1 aliphatic rings. The van der Waals surface area contributed by atoms with Crippen molar-refractivity contribution in [3.63, 3.8) is 0 Å². The van der Waals surface area contributed by atoms with Crippen LogP contribution in [0.2, 0.25) is 5.02 Å². The van der Waals surface area contributed by atoms with Gasteiger partial charge in [-0.1, -0.05) is 11.6 Å². The normalized spacial score (nSPS) is 16.3. The van der Waals surface area contributed by atoms with Gasteiger partial charge >= 0.3 is 5.97 Å². The summed E-state index contributed by atoms with van der Waals surface area (Å²) in [6, 6.07) is 3.43. The molecular formula is C13H14ClN3O2. The van der Waals surface area contributed by atoms with Crippen molar-refractivity contribution < 1.29 is 9.90 Å². The van der Waals surface area contributed by atoms with E-state index in [4.69, 9.17) is 11.6 Å². The number of carboxylic acid groups (broad SMARTS) is 1. The molecule has 2 aromatic rings. The number of aromatic carboxylic acids is 1. The van der Waals surface area contributed by atoms with Gasteiger partial charge in [0.1, 0.15) is 5.65 Å². The number of fused-ring (bicyclic) bond motifs is 1. The Bertz CT molecular complexity index is 632. The molecule has 3 rings (SSSR count). The molecule has 1 N–H and O–H groups in total. The molecule has 0 amide bonds. The predicted octanol–water partition coefficient (Wildman–Crippen LogP) is 2.28. The first-order valence-electron chi connectivity index (χ1n) is 6.27. The molecule has 1 aliphatic heterocycles. The molecule has 0 bridgehead atoms. The van der Waals surface area contributed by atoms with Gasteiger partial charge in [0, 0.05) is 23.8 Å². The highest BCUT2D eigenvalue weighted by atomic mass is 35.5. The topological polar surface area (TPSA) is 57.8 Å². The number of hydrogen-bond donors (Lipinski definition) is 1. The molecule has 3 heterocycles. The van der Waals surface area contributed by atoms with Gasteiger partial charge in [-0.2, -0.15) is 0 Å². The van der Waals surface area contributed by atoms with E-state index in [1.54, 1.807) is 18.3 Å². The number of halogens is 1. The van der Waals surface area contributed by atoms with Crippen molar-refractivity contribution >= 4 is 23.2 Å². The van der Waals surface area contributed by atoms with Gasteiger partial charge in [-0.05, 0) is 32.0 Å². The number of pyridine rings is 1. The third-order valence-electron chi connectivity index (χ3n) is 3.46. The second-order valence-electron chi connectivity index (χ2n) is 4.77. The zero-order valence-corrected chi connectivity index (χ0v) is 11.1. The Morgan fingerprint density at radius 1 is 1.42 bits per heavy atom. The van der Waals surface area contributed by atoms with Crippen molar-refractivity contribution in [2.24, 2.45) is 0 Å². The monoisotopic (exact) mass is 279 g/mol. The van der Waals surface area contributed by atoms with Gasteiger partial charge in [-0.15, -0.1) is 0 Å². The third-order valence-corrected chi connectivity index (χ3v) is 3.70. The summed E-state index contributed by atoms with van der Waals surface area (Å²) in [5, 5.41) is 9.84. The Labute approximate surface area is 115 Å². The van der Waals surface area contributed by atoms with E-state index in [2.05, 4.69) is 9.88 Å². The van der Waals surface area contributed by atoms with Crippen LogP contribution in [0.4, 0.5) is 0 Å². The first-order valence-corrected chi connectivity index (χ1v) is 6.65. The molecule has 1 fully saturated rings. The molecule has 0 atom stereocenters. The average molecular weight is 280 g/mol. The molecule has 0 radical (unpaired) electrons. The number of aromatic nitrogens is 2. The van der Waals surface area contributed by atoms with Crippen molar-refractivity contribution in [3.8, 4) is 0 Å². The Morgan fingerprint density at radius 3 is 2.84 bits per heavy atom. The van der Waals surface area contributed by atoms with Crippen LogP contribution >= 0.6 is 11.6 Å². The van der Waals surface area contributed by atoms with Gasteiger partial charge in [-0.3, -0.25) is 4.90 Å². The van der Waals surface area contributed by atoms with Gasteiger partial charge in [-0.25, -0.2) is 9.78 Å². The second kappa shape index (κ2) is 4.83. The van der Waals surface area contributed by atoms with Gasteiger partial charge in [0.2, 0.25) is 0 Å². The molecule has 0 unspecified atom stereocenters. The molecular weight excluding hydrogens is 266 g/mol. The highest BCUT2D eigenvalue weighted by Gasteiger charge is 2.21. The number of carbonyl (C=O) groups is 1. The van der Waals surface area contributed by atoms with Gasteiger partial charge < -0.3 is 9.51 Å². The molecule has 0 aliphatic carbocycles. The highest BCUT2D eigenvalue weighted by Crippen LogP contribution is 2.20. The summed E-state index contributed by atoms with van der Waals surface area (Å²) < 4.78 is 1.81. The van der Waals surface area contributed by atoms with Gasteiger partial charge in [0.05, 0.1) is 5.69 Å². The fourth-order valence-electron chi connectivity index (χ4n) is 2.55. The molecule has 0 saturated carbocycles. The summed E-state index contributed by atoms with van der Waals surface area (Å²) in [4.78, 5) is 17.7. The molecule has 6 heteroatoms. The summed E-state index contributed by atoms with van der Waals surface area (Å²) >= 11 is 5.92. The summed E-state index contributed by atoms with van der Waals surface area (Å²) in [5.41, 5.74) is 1.43. The number of imidazole rings is 1. The lowest BCUT2D eigenvalue weighted by molar-refractivity contribution is 0.0688. The summed E-state index contributed by atoms with van der Waals surface area (Å²) in [6.07, 6.45) is 4.12. The molecule has 0 spiro atoms. The number of hydrogen-bond acceptors (Lipinski definition) is 3. The number of nitrogens with zero attached hydrogens (tertiary/aromatic N) is 3. The first-order chi connectivity index (χ1) is 9.15. The molecule has 2 aromatic heterocycles. The fourth-order valence-corrected chi connectivity index (χ4v) is 2.70. The van der Waals surface area contributed by atoms with Crippen molar-refractivity contribution in [1.82, 2.24) is 14.3 Å². The first kappa shape index (κ1) is 12.4. The van der Waals surface area contributed by atoms with E-state index in [-0.39, 0.29) is 5.69 Å². The average Bonchev–Trinajstić information content (AvgIpc) is 2.97. The molecule has 5 nitrogen and oxygen atoms in total. The standard InChI is InChI=1S/C13H14ClN3O2/c14-9-3-6-17-10(8-16-4-1-2-5-16)12(13(18)19)15-11(17)7-9/h3,6-7H,1-2,4-5,8H2,(H,18,19). The fraction of sp³-hybridized carbons (Fsp3) is 0.385. The lowest BCUT2D eigenvalue weighted by Gasteiger charge is -2.14. The molecule has 0 aromatic carbocycles. The van der Waals surface area contributed by atoms with Crippen LogP contribution in [-0.4, -0.2) is 38.4 Å². The maximum absolute atomic E-state index is 11.3. The number of rotatable bonds is 3. The summed E-state index contributed by atoms with van der Waals surface area (Å²) in [5.74, 6) is -0.992. The summed E-state index contributed by atoms with van der Waals surface area (Å²) in [6.45, 7) is 2.64. The Hall–Kier alpha value is -1.59. The van der Waals surface area contributed by atoms with E-state index in [0.717, 1.165) is 18.8 Å². The van der Waals surface area contributed by atoms with E-state index in [1.165, 1.54) is 12.8 Å². The van der Waals surface area contributed by atoms with Crippen LogP contribution < -0.4 is 0 Å². The van der Waals surface area contributed by atoms with Crippen LogP contribution in [0, 0.1) is 0 Å².